The summed E-state index contributed by atoms with van der Waals surface area (Å²) in [7, 11) is 1.59. The molecule has 0 aromatic heterocycles. The zero-order chi connectivity index (χ0) is 17.4. The van der Waals surface area contributed by atoms with E-state index in [0.717, 1.165) is 11.3 Å². The molecule has 24 heavy (non-hydrogen) atoms. The van der Waals surface area contributed by atoms with Gasteiger partial charge in [-0.2, -0.15) is 0 Å². The molecule has 0 aliphatic rings. The number of nitrogens with two attached hydrogens (primary N) is 2. The summed E-state index contributed by atoms with van der Waals surface area (Å²) < 4.78 is 15.6. The number of hydrogen-bond donors (Lipinski definition) is 2. The Balaban J connectivity index is 1.75. The van der Waals surface area contributed by atoms with Crippen molar-refractivity contribution in [3.8, 4) is 11.5 Å². The lowest BCUT2D eigenvalue weighted by Gasteiger charge is -2.09. The van der Waals surface area contributed by atoms with Crippen LogP contribution in [0.4, 0.5) is 11.4 Å². The maximum atomic E-state index is 11.7. The Morgan fingerprint density at radius 3 is 2.71 bits per heavy atom. The Hall–Kier alpha value is -3.15. The third-order valence-electron chi connectivity index (χ3n) is 3.12. The number of carbonyl (C=O) groups is 1. The summed E-state index contributed by atoms with van der Waals surface area (Å²) in [6, 6.07) is 12.3. The average molecular weight is 328 g/mol. The van der Waals surface area contributed by atoms with Crippen LogP contribution in [-0.2, 0) is 9.53 Å². The summed E-state index contributed by atoms with van der Waals surface area (Å²) in [6.07, 6.45) is 3.01. The van der Waals surface area contributed by atoms with Crippen LogP contribution in [0, 0.1) is 0 Å². The zero-order valence-electron chi connectivity index (χ0n) is 13.4. The molecule has 126 valence electrons. The van der Waals surface area contributed by atoms with Crippen molar-refractivity contribution in [1.82, 2.24) is 0 Å². The molecule has 0 spiro atoms. The number of methoxy groups -OCH3 is 1. The van der Waals surface area contributed by atoms with Crippen LogP contribution in [0.5, 0.6) is 11.5 Å². The molecule has 0 atom stereocenters. The summed E-state index contributed by atoms with van der Waals surface area (Å²) in [5.41, 5.74) is 13.2. The van der Waals surface area contributed by atoms with Gasteiger partial charge in [0.1, 0.15) is 24.7 Å². The van der Waals surface area contributed by atoms with Crippen LogP contribution < -0.4 is 20.9 Å². The first-order valence-corrected chi connectivity index (χ1v) is 7.35. The monoisotopic (exact) mass is 328 g/mol. The van der Waals surface area contributed by atoms with Gasteiger partial charge in [-0.3, -0.25) is 0 Å². The molecular weight excluding hydrogens is 308 g/mol. The smallest absolute Gasteiger partial charge is 0.330 e. The lowest BCUT2D eigenvalue weighted by molar-refractivity contribution is -0.138. The first kappa shape index (κ1) is 17.2. The van der Waals surface area contributed by atoms with E-state index in [1.165, 1.54) is 6.08 Å². The number of rotatable bonds is 7. The standard InChI is InChI=1S/C18H20N2O4/c1-22-15-4-2-3-13(11-15)5-8-18(21)24-10-9-23-17-7-6-14(19)12-16(17)20/h2-8,11-12H,9-10,19-20H2,1H3. The Morgan fingerprint density at radius 2 is 1.96 bits per heavy atom. The molecule has 0 saturated heterocycles. The van der Waals surface area contributed by atoms with Crippen molar-refractivity contribution < 1.29 is 19.0 Å². The van der Waals surface area contributed by atoms with Gasteiger partial charge in [-0.1, -0.05) is 12.1 Å². The normalized spacial score (nSPS) is 10.5. The number of nitrogen functional groups attached to an aromatic ring is 2. The molecule has 0 saturated carbocycles. The Morgan fingerprint density at radius 1 is 1.12 bits per heavy atom. The third kappa shape index (κ3) is 5.24. The first-order valence-electron chi connectivity index (χ1n) is 7.35. The first-order chi connectivity index (χ1) is 11.6. The maximum Gasteiger partial charge on any atom is 0.330 e. The zero-order valence-corrected chi connectivity index (χ0v) is 13.4. The van der Waals surface area contributed by atoms with E-state index in [-0.39, 0.29) is 13.2 Å². The van der Waals surface area contributed by atoms with E-state index in [0.29, 0.717) is 17.1 Å². The van der Waals surface area contributed by atoms with E-state index in [2.05, 4.69) is 0 Å². The number of esters is 1. The minimum absolute atomic E-state index is 0.116. The van der Waals surface area contributed by atoms with Gasteiger partial charge >= 0.3 is 5.97 Å². The highest BCUT2D eigenvalue weighted by atomic mass is 16.6. The van der Waals surface area contributed by atoms with Crippen LogP contribution in [0.25, 0.3) is 6.08 Å². The number of anilines is 2. The predicted octanol–water partition coefficient (Wildman–Crippen LogP) is 2.50. The SMILES string of the molecule is COc1cccc(C=CC(=O)OCCOc2ccc(N)cc2N)c1. The second-order valence-electron chi connectivity index (χ2n) is 4.92. The molecule has 0 aliphatic heterocycles. The Labute approximate surface area is 140 Å². The van der Waals surface area contributed by atoms with Crippen LogP contribution in [-0.4, -0.2) is 26.3 Å². The van der Waals surface area contributed by atoms with Gasteiger partial charge < -0.3 is 25.7 Å². The molecule has 0 heterocycles. The molecule has 4 N–H and O–H groups in total. The van der Waals surface area contributed by atoms with Crippen LogP contribution in [0.15, 0.2) is 48.5 Å². The number of carbonyl (C=O) groups excluding carboxylic acids is 1. The molecular formula is C18H20N2O4. The van der Waals surface area contributed by atoms with E-state index in [1.54, 1.807) is 31.4 Å². The van der Waals surface area contributed by atoms with Crippen molar-refractivity contribution in [3.63, 3.8) is 0 Å². The Kier molecular flexibility index (Phi) is 6.08. The van der Waals surface area contributed by atoms with Crippen LogP contribution in [0.3, 0.4) is 0 Å². The molecule has 0 bridgehead atoms. The topological polar surface area (TPSA) is 96.8 Å². The third-order valence-corrected chi connectivity index (χ3v) is 3.12. The Bertz CT molecular complexity index is 729. The van der Waals surface area contributed by atoms with E-state index in [4.69, 9.17) is 25.7 Å². The van der Waals surface area contributed by atoms with Gasteiger partial charge in [0.25, 0.3) is 0 Å². The molecule has 6 heteroatoms. The summed E-state index contributed by atoms with van der Waals surface area (Å²) in [6.45, 7) is 0.317. The average Bonchev–Trinajstić information content (AvgIpc) is 2.58. The maximum absolute atomic E-state index is 11.7. The fourth-order valence-electron chi connectivity index (χ4n) is 1.95. The fourth-order valence-corrected chi connectivity index (χ4v) is 1.95. The van der Waals surface area contributed by atoms with E-state index in [9.17, 15) is 4.79 Å². The van der Waals surface area contributed by atoms with E-state index >= 15 is 0 Å². The van der Waals surface area contributed by atoms with Crippen LogP contribution >= 0.6 is 0 Å². The minimum atomic E-state index is -0.452. The highest BCUT2D eigenvalue weighted by Gasteiger charge is 2.02. The molecule has 0 amide bonds. The highest BCUT2D eigenvalue weighted by molar-refractivity contribution is 5.87. The minimum Gasteiger partial charge on any atom is -0.497 e. The lowest BCUT2D eigenvalue weighted by Crippen LogP contribution is -2.11. The highest BCUT2D eigenvalue weighted by Crippen LogP contribution is 2.23. The quantitative estimate of drug-likeness (QED) is 0.351. The van der Waals surface area contributed by atoms with Crippen molar-refractivity contribution in [1.29, 1.82) is 0 Å². The predicted molar refractivity (Wildman–Crippen MR) is 93.7 cm³/mol. The fraction of sp³-hybridized carbons (Fsp3) is 0.167. The van der Waals surface area contributed by atoms with Crippen molar-refractivity contribution in [2.45, 2.75) is 0 Å². The molecule has 2 rings (SSSR count). The molecule has 0 radical (unpaired) electrons. The van der Waals surface area contributed by atoms with Crippen LogP contribution in [0.2, 0.25) is 0 Å². The summed E-state index contributed by atoms with van der Waals surface area (Å²) in [4.78, 5) is 11.7. The van der Waals surface area contributed by atoms with Gasteiger partial charge in [-0.05, 0) is 42.0 Å². The number of hydrogen-bond acceptors (Lipinski definition) is 6. The summed E-state index contributed by atoms with van der Waals surface area (Å²) >= 11 is 0. The molecule has 0 unspecified atom stereocenters. The van der Waals surface area contributed by atoms with Gasteiger partial charge in [-0.25, -0.2) is 4.79 Å². The van der Waals surface area contributed by atoms with Crippen molar-refractivity contribution in [2.75, 3.05) is 31.8 Å². The second-order valence-corrected chi connectivity index (χ2v) is 4.92. The van der Waals surface area contributed by atoms with Crippen molar-refractivity contribution in [2.24, 2.45) is 0 Å². The molecule has 0 fully saturated rings. The van der Waals surface area contributed by atoms with Gasteiger partial charge in [0, 0.05) is 11.8 Å². The molecule has 2 aromatic carbocycles. The number of benzene rings is 2. The van der Waals surface area contributed by atoms with Gasteiger partial charge in [0.15, 0.2) is 0 Å². The van der Waals surface area contributed by atoms with E-state index in [1.807, 2.05) is 24.3 Å². The van der Waals surface area contributed by atoms with Gasteiger partial charge in [0.05, 0.1) is 12.8 Å². The van der Waals surface area contributed by atoms with Gasteiger partial charge in [-0.15, -0.1) is 0 Å². The lowest BCUT2D eigenvalue weighted by atomic mass is 10.2. The summed E-state index contributed by atoms with van der Waals surface area (Å²) in [5.74, 6) is 0.777. The largest absolute Gasteiger partial charge is 0.497 e. The molecule has 2 aromatic rings. The van der Waals surface area contributed by atoms with Crippen molar-refractivity contribution in [3.05, 3.63) is 54.1 Å². The van der Waals surface area contributed by atoms with E-state index < -0.39 is 5.97 Å². The number of ether oxygens (including phenoxy) is 3. The molecule has 6 nitrogen and oxygen atoms in total. The van der Waals surface area contributed by atoms with Crippen molar-refractivity contribution >= 4 is 23.4 Å². The summed E-state index contributed by atoms with van der Waals surface area (Å²) in [5, 5.41) is 0. The van der Waals surface area contributed by atoms with Gasteiger partial charge in [0.2, 0.25) is 0 Å². The second kappa shape index (κ2) is 8.47. The van der Waals surface area contributed by atoms with Crippen LogP contribution in [0.1, 0.15) is 5.56 Å². The molecule has 0 aliphatic carbocycles.